The number of hydrogen-bond acceptors (Lipinski definition) is 4. The molecule has 1 heterocycles. The van der Waals surface area contributed by atoms with Crippen LogP contribution in [0.25, 0.3) is 0 Å². The quantitative estimate of drug-likeness (QED) is 0.884. The van der Waals surface area contributed by atoms with E-state index < -0.39 is 11.9 Å². The minimum atomic E-state index is -4.52. The van der Waals surface area contributed by atoms with E-state index in [0.717, 1.165) is 17.2 Å². The van der Waals surface area contributed by atoms with Gasteiger partial charge in [-0.2, -0.15) is 18.2 Å². The van der Waals surface area contributed by atoms with Crippen molar-refractivity contribution in [1.29, 1.82) is 0 Å². The van der Waals surface area contributed by atoms with Gasteiger partial charge in [-0.25, -0.2) is 4.98 Å². The molecule has 0 saturated heterocycles. The van der Waals surface area contributed by atoms with E-state index in [1.807, 2.05) is 32.0 Å². The van der Waals surface area contributed by atoms with E-state index in [2.05, 4.69) is 20.6 Å². The van der Waals surface area contributed by atoms with E-state index in [4.69, 9.17) is 0 Å². The molecule has 0 atom stereocenters. The van der Waals surface area contributed by atoms with Gasteiger partial charge in [0.2, 0.25) is 5.95 Å². The summed E-state index contributed by atoms with van der Waals surface area (Å²) in [5.74, 6) is 0.0486. The summed E-state index contributed by atoms with van der Waals surface area (Å²) in [6, 6.07) is 6.57. The van der Waals surface area contributed by atoms with Crippen molar-refractivity contribution in [2.45, 2.75) is 26.9 Å². The van der Waals surface area contributed by atoms with E-state index in [9.17, 15) is 13.2 Å². The van der Waals surface area contributed by atoms with Crippen LogP contribution in [0, 0.1) is 13.8 Å². The number of aryl methyl sites for hydroxylation is 2. The smallest absolute Gasteiger partial charge is 0.354 e. The van der Waals surface area contributed by atoms with E-state index in [1.54, 1.807) is 6.92 Å². The molecular weight excluding hydrogens is 293 g/mol. The van der Waals surface area contributed by atoms with Crippen molar-refractivity contribution in [3.63, 3.8) is 0 Å². The van der Waals surface area contributed by atoms with Gasteiger partial charge in [-0.15, -0.1) is 0 Å². The topological polar surface area (TPSA) is 49.8 Å². The third-order valence-electron chi connectivity index (χ3n) is 2.85. The van der Waals surface area contributed by atoms with E-state index in [1.165, 1.54) is 0 Å². The van der Waals surface area contributed by atoms with Crippen molar-refractivity contribution in [3.8, 4) is 0 Å². The van der Waals surface area contributed by atoms with Gasteiger partial charge in [-0.05, 0) is 44.0 Å². The molecule has 22 heavy (non-hydrogen) atoms. The Bertz CT molecular complexity index is 648. The van der Waals surface area contributed by atoms with Crippen molar-refractivity contribution in [2.24, 2.45) is 0 Å². The van der Waals surface area contributed by atoms with E-state index >= 15 is 0 Å². The summed E-state index contributed by atoms with van der Waals surface area (Å²) in [4.78, 5) is 7.54. The molecule has 0 spiro atoms. The molecular formula is C15H17F3N4. The first kappa shape index (κ1) is 16.1. The molecule has 0 bridgehead atoms. The molecule has 2 aromatic rings. The average Bonchev–Trinajstić information content (AvgIpc) is 2.36. The number of benzene rings is 1. The molecule has 1 aromatic heterocycles. The lowest BCUT2D eigenvalue weighted by atomic mass is 10.1. The van der Waals surface area contributed by atoms with Crippen LogP contribution < -0.4 is 10.6 Å². The summed E-state index contributed by atoms with van der Waals surface area (Å²) in [5.41, 5.74) is 1.73. The Labute approximate surface area is 126 Å². The fourth-order valence-electron chi connectivity index (χ4n) is 2.09. The van der Waals surface area contributed by atoms with Gasteiger partial charge < -0.3 is 10.6 Å². The largest absolute Gasteiger partial charge is 0.433 e. The predicted molar refractivity (Wildman–Crippen MR) is 80.4 cm³/mol. The van der Waals surface area contributed by atoms with Crippen LogP contribution in [0.5, 0.6) is 0 Å². The van der Waals surface area contributed by atoms with Gasteiger partial charge in [0.25, 0.3) is 0 Å². The molecule has 0 saturated carbocycles. The number of rotatable bonds is 4. The van der Waals surface area contributed by atoms with Crippen molar-refractivity contribution in [2.75, 3.05) is 17.2 Å². The van der Waals surface area contributed by atoms with Gasteiger partial charge in [0.1, 0.15) is 5.82 Å². The highest BCUT2D eigenvalue weighted by atomic mass is 19.4. The summed E-state index contributed by atoms with van der Waals surface area (Å²) < 4.78 is 38.7. The van der Waals surface area contributed by atoms with Crippen LogP contribution in [0.4, 0.5) is 30.6 Å². The second-order valence-electron chi connectivity index (χ2n) is 4.99. The Kier molecular flexibility index (Phi) is 4.54. The molecule has 0 aliphatic rings. The summed E-state index contributed by atoms with van der Waals surface area (Å²) in [6.45, 7) is 6.04. The second kappa shape index (κ2) is 6.21. The minimum Gasteiger partial charge on any atom is -0.354 e. The highest BCUT2D eigenvalue weighted by molar-refractivity contribution is 5.59. The molecule has 0 amide bonds. The summed E-state index contributed by atoms with van der Waals surface area (Å²) in [5, 5.41) is 5.61. The molecule has 118 valence electrons. The second-order valence-corrected chi connectivity index (χ2v) is 4.99. The summed E-state index contributed by atoms with van der Waals surface area (Å²) in [6.07, 6.45) is -4.52. The molecule has 4 nitrogen and oxygen atoms in total. The fraction of sp³-hybridized carbons (Fsp3) is 0.333. The molecule has 2 N–H and O–H groups in total. The first-order valence-electron chi connectivity index (χ1n) is 6.83. The fourth-order valence-corrected chi connectivity index (χ4v) is 2.09. The van der Waals surface area contributed by atoms with Crippen molar-refractivity contribution < 1.29 is 13.2 Å². The number of aromatic nitrogens is 2. The van der Waals surface area contributed by atoms with Crippen LogP contribution in [0.15, 0.2) is 24.3 Å². The first-order valence-corrected chi connectivity index (χ1v) is 6.83. The third-order valence-corrected chi connectivity index (χ3v) is 2.85. The van der Waals surface area contributed by atoms with Crippen molar-refractivity contribution in [1.82, 2.24) is 9.97 Å². The van der Waals surface area contributed by atoms with Crippen LogP contribution in [0.2, 0.25) is 0 Å². The van der Waals surface area contributed by atoms with Crippen LogP contribution >= 0.6 is 0 Å². The standard InChI is InChI=1S/C15H17F3N4/c1-4-19-14-21-12(15(16,17)18)8-13(22-14)20-11-6-9(2)5-10(3)7-11/h5-8H,4H2,1-3H3,(H2,19,20,21,22). The number of halogens is 3. The molecule has 0 unspecified atom stereocenters. The Morgan fingerprint density at radius 3 is 2.18 bits per heavy atom. The Morgan fingerprint density at radius 1 is 1.00 bits per heavy atom. The van der Waals surface area contributed by atoms with Gasteiger partial charge in [0, 0.05) is 18.3 Å². The maximum atomic E-state index is 12.9. The third kappa shape index (κ3) is 4.09. The molecule has 0 radical (unpaired) electrons. The van der Waals surface area contributed by atoms with Gasteiger partial charge in [0.05, 0.1) is 0 Å². The van der Waals surface area contributed by atoms with Gasteiger partial charge >= 0.3 is 6.18 Å². The summed E-state index contributed by atoms with van der Waals surface area (Å²) in [7, 11) is 0. The monoisotopic (exact) mass is 310 g/mol. The highest BCUT2D eigenvalue weighted by Crippen LogP contribution is 2.30. The van der Waals surface area contributed by atoms with Gasteiger partial charge in [0.15, 0.2) is 5.69 Å². The number of hydrogen-bond donors (Lipinski definition) is 2. The average molecular weight is 310 g/mol. The van der Waals surface area contributed by atoms with Gasteiger partial charge in [-0.3, -0.25) is 0 Å². The van der Waals surface area contributed by atoms with Crippen molar-refractivity contribution >= 4 is 17.5 Å². The van der Waals surface area contributed by atoms with Gasteiger partial charge in [-0.1, -0.05) is 6.07 Å². The van der Waals surface area contributed by atoms with Crippen LogP contribution in [0.3, 0.4) is 0 Å². The zero-order chi connectivity index (χ0) is 16.3. The van der Waals surface area contributed by atoms with E-state index in [-0.39, 0.29) is 11.8 Å². The Balaban J connectivity index is 2.38. The maximum Gasteiger partial charge on any atom is 0.433 e. The van der Waals surface area contributed by atoms with E-state index in [0.29, 0.717) is 12.2 Å². The van der Waals surface area contributed by atoms with Crippen LogP contribution in [0.1, 0.15) is 23.7 Å². The molecule has 0 aliphatic carbocycles. The lowest BCUT2D eigenvalue weighted by Gasteiger charge is -2.13. The Morgan fingerprint density at radius 2 is 1.64 bits per heavy atom. The van der Waals surface area contributed by atoms with Crippen LogP contribution in [-0.2, 0) is 6.18 Å². The van der Waals surface area contributed by atoms with Crippen LogP contribution in [-0.4, -0.2) is 16.5 Å². The maximum absolute atomic E-state index is 12.9. The van der Waals surface area contributed by atoms with Crippen molar-refractivity contribution in [3.05, 3.63) is 41.1 Å². The Hall–Kier alpha value is -2.31. The molecule has 0 fully saturated rings. The summed E-state index contributed by atoms with van der Waals surface area (Å²) >= 11 is 0. The number of nitrogens with one attached hydrogen (secondary N) is 2. The zero-order valence-corrected chi connectivity index (χ0v) is 12.5. The molecule has 0 aliphatic heterocycles. The molecule has 7 heteroatoms. The molecule has 2 rings (SSSR count). The lowest BCUT2D eigenvalue weighted by Crippen LogP contribution is -2.13. The number of anilines is 3. The normalized spacial score (nSPS) is 11.4. The lowest BCUT2D eigenvalue weighted by molar-refractivity contribution is -0.141. The zero-order valence-electron chi connectivity index (χ0n) is 12.5. The predicted octanol–water partition coefficient (Wildman–Crippen LogP) is 4.29. The highest BCUT2D eigenvalue weighted by Gasteiger charge is 2.33. The number of alkyl halides is 3. The first-order chi connectivity index (χ1) is 10.3. The SMILES string of the molecule is CCNc1nc(Nc2cc(C)cc(C)c2)cc(C(F)(F)F)n1. The molecule has 1 aromatic carbocycles. The minimum absolute atomic E-state index is 0.0517. The number of nitrogens with zero attached hydrogens (tertiary/aromatic N) is 2.